The molecule has 1 aromatic rings. The van der Waals surface area contributed by atoms with E-state index in [1.165, 1.54) is 5.56 Å². The van der Waals surface area contributed by atoms with Crippen LogP contribution in [-0.4, -0.2) is 18.8 Å². The van der Waals surface area contributed by atoms with Gasteiger partial charge in [-0.3, -0.25) is 0 Å². The predicted octanol–water partition coefficient (Wildman–Crippen LogP) is 3.22. The normalized spacial score (nSPS) is 16.0. The first-order valence-electron chi connectivity index (χ1n) is 6.51. The fourth-order valence-electron chi connectivity index (χ4n) is 2.24. The minimum atomic E-state index is -4.11. The van der Waals surface area contributed by atoms with Gasteiger partial charge in [0.2, 0.25) is 0 Å². The highest BCUT2D eigenvalue weighted by atomic mass is 19.4. The van der Waals surface area contributed by atoms with Gasteiger partial charge in [0.1, 0.15) is 5.75 Å². The largest absolute Gasteiger partial charge is 0.493 e. The molecule has 1 aliphatic heterocycles. The van der Waals surface area contributed by atoms with Crippen molar-refractivity contribution < 1.29 is 17.9 Å². The molecule has 1 aromatic carbocycles. The Morgan fingerprint density at radius 2 is 2.05 bits per heavy atom. The standard InChI is InChI=1S/C14H18F3NO/c15-14(16,17)7-5-12(18)3-1-10-2-4-13-11(9-10)6-8-19-13/h2,4,9,12H,1,3,5-8,18H2. The zero-order valence-corrected chi connectivity index (χ0v) is 10.7. The van der Waals surface area contributed by atoms with E-state index in [2.05, 4.69) is 6.07 Å². The summed E-state index contributed by atoms with van der Waals surface area (Å²) in [7, 11) is 0. The number of ether oxygens (including phenoxy) is 1. The second kappa shape index (κ2) is 5.82. The minimum Gasteiger partial charge on any atom is -0.493 e. The van der Waals surface area contributed by atoms with Crippen molar-refractivity contribution >= 4 is 0 Å². The van der Waals surface area contributed by atoms with Gasteiger partial charge in [0.05, 0.1) is 6.61 Å². The Balaban J connectivity index is 1.79. The molecule has 0 bridgehead atoms. The fraction of sp³-hybridized carbons (Fsp3) is 0.571. The van der Waals surface area contributed by atoms with Crippen molar-refractivity contribution in [1.29, 1.82) is 0 Å². The van der Waals surface area contributed by atoms with Crippen LogP contribution >= 0.6 is 0 Å². The first-order chi connectivity index (χ1) is 8.94. The summed E-state index contributed by atoms with van der Waals surface area (Å²) in [6.07, 6.45) is -2.71. The Morgan fingerprint density at radius 3 is 2.79 bits per heavy atom. The van der Waals surface area contributed by atoms with Gasteiger partial charge in [-0.15, -0.1) is 0 Å². The molecule has 0 fully saturated rings. The average molecular weight is 273 g/mol. The lowest BCUT2D eigenvalue weighted by Crippen LogP contribution is -2.23. The topological polar surface area (TPSA) is 35.2 Å². The summed E-state index contributed by atoms with van der Waals surface area (Å²) < 4.78 is 41.6. The third-order valence-electron chi connectivity index (χ3n) is 3.36. The zero-order valence-electron chi connectivity index (χ0n) is 10.7. The molecule has 0 aliphatic carbocycles. The van der Waals surface area contributed by atoms with Gasteiger partial charge in [-0.1, -0.05) is 12.1 Å². The lowest BCUT2D eigenvalue weighted by Gasteiger charge is -2.13. The maximum absolute atomic E-state index is 12.1. The molecule has 2 nitrogen and oxygen atoms in total. The lowest BCUT2D eigenvalue weighted by atomic mass is 10.00. The third-order valence-corrected chi connectivity index (χ3v) is 3.36. The first kappa shape index (κ1) is 14.2. The molecule has 0 amide bonds. The molecule has 0 spiro atoms. The molecule has 1 aliphatic rings. The molecule has 0 saturated carbocycles. The van der Waals surface area contributed by atoms with Gasteiger partial charge in [0, 0.05) is 18.9 Å². The Hall–Kier alpha value is -1.23. The van der Waals surface area contributed by atoms with Crippen molar-refractivity contribution in [2.75, 3.05) is 6.61 Å². The molecule has 1 unspecified atom stereocenters. The zero-order chi connectivity index (χ0) is 13.9. The average Bonchev–Trinajstić information content (AvgIpc) is 2.80. The van der Waals surface area contributed by atoms with Gasteiger partial charge >= 0.3 is 6.18 Å². The molecule has 0 saturated heterocycles. The van der Waals surface area contributed by atoms with Crippen LogP contribution in [0.15, 0.2) is 18.2 Å². The summed E-state index contributed by atoms with van der Waals surface area (Å²) in [5.74, 6) is 0.921. The SMILES string of the molecule is NC(CCc1ccc2c(c1)CCO2)CCC(F)(F)F. The number of nitrogens with two attached hydrogens (primary N) is 1. The Labute approximate surface area is 110 Å². The van der Waals surface area contributed by atoms with Gasteiger partial charge in [0.25, 0.3) is 0 Å². The smallest absolute Gasteiger partial charge is 0.389 e. The fourth-order valence-corrected chi connectivity index (χ4v) is 2.24. The van der Waals surface area contributed by atoms with E-state index < -0.39 is 18.6 Å². The lowest BCUT2D eigenvalue weighted by molar-refractivity contribution is -0.136. The minimum absolute atomic E-state index is 0.00243. The monoisotopic (exact) mass is 273 g/mol. The van der Waals surface area contributed by atoms with Crippen LogP contribution < -0.4 is 10.5 Å². The molecule has 19 heavy (non-hydrogen) atoms. The maximum atomic E-state index is 12.1. The maximum Gasteiger partial charge on any atom is 0.389 e. The molecule has 0 radical (unpaired) electrons. The molecule has 5 heteroatoms. The second-order valence-electron chi connectivity index (χ2n) is 4.99. The van der Waals surface area contributed by atoms with E-state index in [4.69, 9.17) is 10.5 Å². The number of hydrogen-bond donors (Lipinski definition) is 1. The highest BCUT2D eigenvalue weighted by Gasteiger charge is 2.27. The van der Waals surface area contributed by atoms with Crippen molar-refractivity contribution in [3.8, 4) is 5.75 Å². The second-order valence-corrected chi connectivity index (χ2v) is 4.99. The highest BCUT2D eigenvalue weighted by molar-refractivity contribution is 5.39. The molecule has 2 N–H and O–H groups in total. The quantitative estimate of drug-likeness (QED) is 0.894. The van der Waals surface area contributed by atoms with Crippen molar-refractivity contribution in [2.45, 2.75) is 44.3 Å². The summed E-state index contributed by atoms with van der Waals surface area (Å²) in [6, 6.07) is 5.56. The van der Waals surface area contributed by atoms with E-state index in [9.17, 15) is 13.2 Å². The summed E-state index contributed by atoms with van der Waals surface area (Å²) in [6.45, 7) is 0.712. The molecule has 1 atom stereocenters. The predicted molar refractivity (Wildman–Crippen MR) is 67.2 cm³/mol. The number of fused-ring (bicyclic) bond motifs is 1. The summed E-state index contributed by atoms with van der Waals surface area (Å²) in [5, 5.41) is 0. The van der Waals surface area contributed by atoms with Crippen LogP contribution in [0.25, 0.3) is 0 Å². The van der Waals surface area contributed by atoms with Crippen LogP contribution in [0, 0.1) is 0 Å². The van der Waals surface area contributed by atoms with Gasteiger partial charge in [0.15, 0.2) is 0 Å². The van der Waals surface area contributed by atoms with Crippen LogP contribution in [0.1, 0.15) is 30.4 Å². The number of aryl methyl sites for hydroxylation is 1. The number of alkyl halides is 3. The van der Waals surface area contributed by atoms with Gasteiger partial charge in [-0.2, -0.15) is 13.2 Å². The highest BCUT2D eigenvalue weighted by Crippen LogP contribution is 2.27. The molecule has 106 valence electrons. The van der Waals surface area contributed by atoms with Gasteiger partial charge in [-0.05, 0) is 36.5 Å². The Morgan fingerprint density at radius 1 is 1.26 bits per heavy atom. The van der Waals surface area contributed by atoms with E-state index >= 15 is 0 Å². The molecule has 0 aromatic heterocycles. The summed E-state index contributed by atoms with van der Waals surface area (Å²) in [4.78, 5) is 0. The van der Waals surface area contributed by atoms with Gasteiger partial charge in [-0.25, -0.2) is 0 Å². The summed E-state index contributed by atoms with van der Waals surface area (Å²) >= 11 is 0. The van der Waals surface area contributed by atoms with E-state index in [1.54, 1.807) is 0 Å². The van der Waals surface area contributed by atoms with Crippen LogP contribution in [0.3, 0.4) is 0 Å². The van der Waals surface area contributed by atoms with E-state index in [0.717, 1.165) is 17.7 Å². The van der Waals surface area contributed by atoms with Crippen molar-refractivity contribution in [3.63, 3.8) is 0 Å². The van der Waals surface area contributed by atoms with Crippen LogP contribution in [0.2, 0.25) is 0 Å². The van der Waals surface area contributed by atoms with Crippen molar-refractivity contribution in [2.24, 2.45) is 5.73 Å². The molecular formula is C14H18F3NO. The molecule has 2 rings (SSSR count). The number of halogens is 3. The Kier molecular flexibility index (Phi) is 4.34. The van der Waals surface area contributed by atoms with E-state index in [-0.39, 0.29) is 6.42 Å². The van der Waals surface area contributed by atoms with E-state index in [1.807, 2.05) is 12.1 Å². The molecular weight excluding hydrogens is 255 g/mol. The van der Waals surface area contributed by atoms with Crippen molar-refractivity contribution in [3.05, 3.63) is 29.3 Å². The van der Waals surface area contributed by atoms with E-state index in [0.29, 0.717) is 19.4 Å². The third kappa shape index (κ3) is 4.42. The number of rotatable bonds is 5. The van der Waals surface area contributed by atoms with Crippen molar-refractivity contribution in [1.82, 2.24) is 0 Å². The van der Waals surface area contributed by atoms with Crippen LogP contribution in [-0.2, 0) is 12.8 Å². The van der Waals surface area contributed by atoms with Crippen LogP contribution in [0.5, 0.6) is 5.75 Å². The molecule has 1 heterocycles. The summed E-state index contributed by atoms with van der Waals surface area (Å²) in [5.41, 5.74) is 8.02. The van der Waals surface area contributed by atoms with Gasteiger partial charge < -0.3 is 10.5 Å². The first-order valence-corrected chi connectivity index (χ1v) is 6.51. The Bertz CT molecular complexity index is 431. The van der Waals surface area contributed by atoms with Crippen LogP contribution in [0.4, 0.5) is 13.2 Å². The number of hydrogen-bond acceptors (Lipinski definition) is 2. The number of benzene rings is 1.